The van der Waals surface area contributed by atoms with Crippen LogP contribution < -0.4 is 11.3 Å². The van der Waals surface area contributed by atoms with Crippen LogP contribution in [0.4, 0.5) is 5.95 Å². The number of nitrogens with one attached hydrogen (secondary N) is 1. The first-order valence-electron chi connectivity index (χ1n) is 5.76. The number of aromatic nitrogens is 6. The zero-order valence-corrected chi connectivity index (χ0v) is 12.9. The molecule has 3 aromatic rings. The quantitative estimate of drug-likeness (QED) is 0.531. The summed E-state index contributed by atoms with van der Waals surface area (Å²) < 4.78 is 2.45. The molecule has 0 atom stereocenters. The van der Waals surface area contributed by atoms with Crippen molar-refractivity contribution in [1.82, 2.24) is 29.7 Å². The maximum atomic E-state index is 5.39. The molecule has 0 saturated carbocycles. The van der Waals surface area contributed by atoms with Crippen LogP contribution in [-0.4, -0.2) is 29.7 Å². The van der Waals surface area contributed by atoms with Gasteiger partial charge in [0.15, 0.2) is 5.16 Å². The number of hydrazine groups is 1. The number of nitrogens with zero attached hydrogens (tertiary/aromatic N) is 6. The fourth-order valence-electron chi connectivity index (χ4n) is 1.48. The van der Waals surface area contributed by atoms with Crippen LogP contribution in [0.2, 0.25) is 0 Å². The van der Waals surface area contributed by atoms with Crippen LogP contribution in [-0.2, 0) is 0 Å². The van der Waals surface area contributed by atoms with Crippen LogP contribution >= 0.6 is 27.7 Å². The lowest BCUT2D eigenvalue weighted by atomic mass is 10.4. The van der Waals surface area contributed by atoms with Crippen LogP contribution in [0.5, 0.6) is 0 Å². The normalized spacial score (nSPS) is 10.6. The fraction of sp³-hybridized carbons (Fsp3) is 0. The Bertz CT molecular complexity index is 730. The summed E-state index contributed by atoms with van der Waals surface area (Å²) in [4.78, 5) is 17.5. The highest BCUT2D eigenvalue weighted by Crippen LogP contribution is 2.26. The predicted molar refractivity (Wildman–Crippen MR) is 80.8 cm³/mol. The molecule has 1 aromatic carbocycles. The summed E-state index contributed by atoms with van der Waals surface area (Å²) >= 11 is 4.79. The third-order valence-electron chi connectivity index (χ3n) is 2.38. The molecule has 0 aliphatic heterocycles. The van der Waals surface area contributed by atoms with E-state index in [1.165, 1.54) is 29.1 Å². The lowest BCUT2D eigenvalue weighted by Gasteiger charge is -2.05. The van der Waals surface area contributed by atoms with Gasteiger partial charge in [0.2, 0.25) is 5.95 Å². The molecule has 0 fully saturated rings. The van der Waals surface area contributed by atoms with Crippen molar-refractivity contribution in [3.8, 4) is 5.95 Å². The largest absolute Gasteiger partial charge is 0.292 e. The summed E-state index contributed by atoms with van der Waals surface area (Å²) in [6.07, 6.45) is 2.91. The molecule has 0 unspecified atom stereocenters. The van der Waals surface area contributed by atoms with E-state index in [0.29, 0.717) is 11.1 Å². The van der Waals surface area contributed by atoms with E-state index in [1.54, 1.807) is 0 Å². The van der Waals surface area contributed by atoms with Crippen LogP contribution in [0.25, 0.3) is 5.95 Å². The summed E-state index contributed by atoms with van der Waals surface area (Å²) in [5.74, 6) is 5.99. The van der Waals surface area contributed by atoms with Crippen molar-refractivity contribution < 1.29 is 0 Å². The van der Waals surface area contributed by atoms with E-state index in [1.807, 2.05) is 24.3 Å². The Kier molecular flexibility index (Phi) is 4.08. The Morgan fingerprint density at radius 1 is 1.14 bits per heavy atom. The fourth-order valence-corrected chi connectivity index (χ4v) is 2.48. The second-order valence-corrected chi connectivity index (χ2v) is 5.74. The van der Waals surface area contributed by atoms with Crippen molar-refractivity contribution in [3.63, 3.8) is 0 Å². The average molecular weight is 365 g/mol. The molecule has 0 aliphatic rings. The smallest absolute Gasteiger partial charge is 0.257 e. The van der Waals surface area contributed by atoms with E-state index in [-0.39, 0.29) is 5.95 Å². The van der Waals surface area contributed by atoms with E-state index in [4.69, 9.17) is 5.84 Å². The van der Waals surface area contributed by atoms with Gasteiger partial charge in [0.1, 0.15) is 12.7 Å². The van der Waals surface area contributed by atoms with Gasteiger partial charge in [-0.3, -0.25) is 5.43 Å². The summed E-state index contributed by atoms with van der Waals surface area (Å²) in [6.45, 7) is 0. The number of benzene rings is 1. The topological polar surface area (TPSA) is 107 Å². The molecule has 8 nitrogen and oxygen atoms in total. The number of anilines is 1. The molecule has 3 N–H and O–H groups in total. The van der Waals surface area contributed by atoms with Crippen LogP contribution in [0, 0.1) is 0 Å². The van der Waals surface area contributed by atoms with Crippen molar-refractivity contribution in [2.45, 2.75) is 10.1 Å². The Morgan fingerprint density at radius 3 is 2.62 bits per heavy atom. The Hall–Kier alpha value is -2.04. The van der Waals surface area contributed by atoms with Gasteiger partial charge in [0, 0.05) is 9.37 Å². The highest BCUT2D eigenvalue weighted by Gasteiger charge is 2.09. The van der Waals surface area contributed by atoms with Gasteiger partial charge in [0.25, 0.3) is 5.95 Å². The van der Waals surface area contributed by atoms with Gasteiger partial charge < -0.3 is 0 Å². The summed E-state index contributed by atoms with van der Waals surface area (Å²) in [5, 5.41) is 4.50. The molecule has 10 heteroatoms. The first-order valence-corrected chi connectivity index (χ1v) is 7.36. The SMILES string of the molecule is NNc1nc(Sc2ccc(Br)cc2)nc(-n2cncn2)n1. The van der Waals surface area contributed by atoms with Gasteiger partial charge in [0.05, 0.1) is 0 Å². The first kappa shape index (κ1) is 13.9. The molecule has 0 aliphatic carbocycles. The Balaban J connectivity index is 1.94. The number of nitrogens with two attached hydrogens (primary N) is 1. The standard InChI is InChI=1S/C11H9BrN8S/c12-7-1-3-8(4-2-7)21-11-17-9(19-13)16-10(18-11)20-6-14-5-15-20/h1-6H,13H2,(H,16,17,18,19). The van der Waals surface area contributed by atoms with Gasteiger partial charge in [-0.15, -0.1) is 0 Å². The molecule has 0 radical (unpaired) electrons. The maximum absolute atomic E-state index is 5.39. The van der Waals surface area contributed by atoms with E-state index in [9.17, 15) is 0 Å². The van der Waals surface area contributed by atoms with E-state index >= 15 is 0 Å². The first-order chi connectivity index (χ1) is 10.2. The van der Waals surface area contributed by atoms with Gasteiger partial charge in [-0.1, -0.05) is 15.9 Å². The highest BCUT2D eigenvalue weighted by molar-refractivity contribution is 9.10. The molecular weight excluding hydrogens is 356 g/mol. The predicted octanol–water partition coefficient (Wildman–Crippen LogP) is 1.65. The highest BCUT2D eigenvalue weighted by atomic mass is 79.9. The second kappa shape index (κ2) is 6.16. The van der Waals surface area contributed by atoms with E-state index < -0.39 is 0 Å². The Labute approximate surface area is 132 Å². The minimum absolute atomic E-state index is 0.259. The average Bonchev–Trinajstić information content (AvgIpc) is 3.04. The Morgan fingerprint density at radius 2 is 1.95 bits per heavy atom. The second-order valence-electron chi connectivity index (χ2n) is 3.78. The van der Waals surface area contributed by atoms with Crippen molar-refractivity contribution >= 4 is 33.6 Å². The molecule has 2 aromatic heterocycles. The van der Waals surface area contributed by atoms with Crippen LogP contribution in [0.15, 0.2) is 51.4 Å². The molecule has 0 spiro atoms. The lowest BCUT2D eigenvalue weighted by molar-refractivity contribution is 0.759. The molecule has 21 heavy (non-hydrogen) atoms. The molecular formula is C11H9BrN8S. The summed E-state index contributed by atoms with van der Waals surface area (Å²) in [6, 6.07) is 7.82. The summed E-state index contributed by atoms with van der Waals surface area (Å²) in [7, 11) is 0. The number of rotatable bonds is 4. The molecule has 0 bridgehead atoms. The minimum Gasteiger partial charge on any atom is -0.292 e. The summed E-state index contributed by atoms with van der Waals surface area (Å²) in [5.41, 5.74) is 2.42. The minimum atomic E-state index is 0.259. The van der Waals surface area contributed by atoms with Crippen molar-refractivity contribution in [2.75, 3.05) is 5.43 Å². The molecule has 0 saturated heterocycles. The zero-order chi connectivity index (χ0) is 14.7. The van der Waals surface area contributed by atoms with E-state index in [0.717, 1.165) is 9.37 Å². The lowest BCUT2D eigenvalue weighted by Crippen LogP contribution is -2.14. The maximum Gasteiger partial charge on any atom is 0.257 e. The zero-order valence-electron chi connectivity index (χ0n) is 10.5. The van der Waals surface area contributed by atoms with Crippen molar-refractivity contribution in [3.05, 3.63) is 41.4 Å². The van der Waals surface area contributed by atoms with Crippen LogP contribution in [0.3, 0.4) is 0 Å². The van der Waals surface area contributed by atoms with Crippen molar-refractivity contribution in [2.24, 2.45) is 5.84 Å². The monoisotopic (exact) mass is 364 g/mol. The number of hydrogen-bond donors (Lipinski definition) is 2. The van der Waals surface area contributed by atoms with E-state index in [2.05, 4.69) is 46.4 Å². The third kappa shape index (κ3) is 3.35. The molecule has 3 rings (SSSR count). The number of nitrogen functional groups attached to an aromatic ring is 1. The molecule has 106 valence electrons. The van der Waals surface area contributed by atoms with Gasteiger partial charge in [-0.25, -0.2) is 10.8 Å². The molecule has 2 heterocycles. The van der Waals surface area contributed by atoms with Gasteiger partial charge in [-0.2, -0.15) is 24.7 Å². The van der Waals surface area contributed by atoms with Gasteiger partial charge in [-0.05, 0) is 36.0 Å². The third-order valence-corrected chi connectivity index (χ3v) is 3.78. The molecule has 0 amide bonds. The number of hydrogen-bond acceptors (Lipinski definition) is 8. The van der Waals surface area contributed by atoms with Crippen LogP contribution in [0.1, 0.15) is 0 Å². The van der Waals surface area contributed by atoms with Gasteiger partial charge >= 0.3 is 0 Å². The van der Waals surface area contributed by atoms with Crippen molar-refractivity contribution in [1.29, 1.82) is 0 Å². The number of halogens is 1.